The number of fused-ring (bicyclic) bond motifs is 1. The number of Topliss-reactive ketones (excluding diaryl/α,β-unsaturated/α-hetero) is 1. The van der Waals surface area contributed by atoms with Crippen LogP contribution in [-0.2, 0) is 14.3 Å². The summed E-state index contributed by atoms with van der Waals surface area (Å²) in [6.07, 6.45) is 4.94. The Morgan fingerprint density at radius 2 is 1.65 bits per heavy atom. The second-order valence-corrected chi connectivity index (χ2v) is 10.4. The topological polar surface area (TPSA) is 74.2 Å². The molecule has 3 atom stereocenters. The Balaban J connectivity index is 1.54. The summed E-state index contributed by atoms with van der Waals surface area (Å²) >= 11 is 0. The third-order valence-electron chi connectivity index (χ3n) is 8.15. The number of hydrogen-bond donors (Lipinski definition) is 0. The highest BCUT2D eigenvalue weighted by molar-refractivity contribution is 6.12. The van der Waals surface area contributed by atoms with Gasteiger partial charge in [0.25, 0.3) is 0 Å². The lowest BCUT2D eigenvalue weighted by Crippen LogP contribution is -2.41. The van der Waals surface area contributed by atoms with Gasteiger partial charge in [0.1, 0.15) is 11.9 Å². The molecular formula is C31H35NO5. The van der Waals surface area contributed by atoms with E-state index in [1.54, 1.807) is 14.2 Å². The Bertz CT molecular complexity index is 1270. The zero-order chi connectivity index (χ0) is 26.1. The molecule has 2 aromatic carbocycles. The Kier molecular flexibility index (Phi) is 7.18. The highest BCUT2D eigenvalue weighted by atomic mass is 16.5. The molecule has 1 heterocycles. The van der Waals surface area contributed by atoms with Crippen molar-refractivity contribution in [3.8, 4) is 11.5 Å². The molecule has 0 amide bonds. The van der Waals surface area contributed by atoms with Gasteiger partial charge in [-0.1, -0.05) is 30.3 Å². The fourth-order valence-electron chi connectivity index (χ4n) is 6.28. The lowest BCUT2D eigenvalue weighted by molar-refractivity contribution is -0.144. The van der Waals surface area contributed by atoms with Crippen LogP contribution in [0.15, 0.2) is 58.7 Å². The van der Waals surface area contributed by atoms with Crippen LogP contribution in [0.5, 0.6) is 11.5 Å². The molecule has 2 fully saturated rings. The van der Waals surface area contributed by atoms with Crippen LogP contribution in [0, 0.1) is 12.8 Å². The van der Waals surface area contributed by atoms with Crippen molar-refractivity contribution in [2.75, 3.05) is 14.2 Å². The van der Waals surface area contributed by atoms with Crippen molar-refractivity contribution in [1.82, 2.24) is 0 Å². The first-order valence-corrected chi connectivity index (χ1v) is 13.2. The molecule has 2 saturated carbocycles. The summed E-state index contributed by atoms with van der Waals surface area (Å²) in [6, 6.07) is 13.9. The molecule has 2 aliphatic carbocycles. The number of ketones is 1. The van der Waals surface area contributed by atoms with Gasteiger partial charge in [-0.2, -0.15) is 0 Å². The van der Waals surface area contributed by atoms with Gasteiger partial charge < -0.3 is 14.2 Å². The Morgan fingerprint density at radius 1 is 0.919 bits per heavy atom. The zero-order valence-electron chi connectivity index (χ0n) is 22.1. The van der Waals surface area contributed by atoms with E-state index in [-0.39, 0.29) is 29.7 Å². The Morgan fingerprint density at radius 3 is 2.35 bits per heavy atom. The molecule has 0 N–H and O–H groups in total. The molecule has 5 rings (SSSR count). The van der Waals surface area contributed by atoms with Gasteiger partial charge in [0, 0.05) is 23.7 Å². The van der Waals surface area contributed by atoms with Crippen LogP contribution in [0.3, 0.4) is 0 Å². The maximum absolute atomic E-state index is 13.9. The van der Waals surface area contributed by atoms with Gasteiger partial charge in [-0.25, -0.2) is 4.79 Å². The highest BCUT2D eigenvalue weighted by Gasteiger charge is 2.46. The van der Waals surface area contributed by atoms with E-state index in [1.165, 1.54) is 0 Å². The standard InChI is InChI=1S/C31H35NO5/c1-18-9-5-8-12-23(18)29-28(31(34)37-22-10-6-7-11-22)19(2)32-24-15-21(16-25(33)30(24)29)20-13-14-26(35-3)27(17-20)36-4/h5,8-9,12-14,17,21-22,29-30H,6-7,10-11,15-16H2,1-4H3. The van der Waals surface area contributed by atoms with Crippen molar-refractivity contribution in [2.45, 2.75) is 70.3 Å². The van der Waals surface area contributed by atoms with E-state index in [2.05, 4.69) is 0 Å². The number of methoxy groups -OCH3 is 2. The third kappa shape index (κ3) is 4.81. The molecule has 1 aliphatic heterocycles. The summed E-state index contributed by atoms with van der Waals surface area (Å²) < 4.78 is 16.9. The van der Waals surface area contributed by atoms with Crippen LogP contribution in [0.1, 0.15) is 74.0 Å². The number of ether oxygens (including phenoxy) is 3. The molecule has 0 saturated heterocycles. The van der Waals surface area contributed by atoms with Crippen molar-refractivity contribution in [2.24, 2.45) is 10.9 Å². The number of carbonyl (C=O) groups is 2. The number of rotatable bonds is 6. The molecule has 6 nitrogen and oxygen atoms in total. The second-order valence-electron chi connectivity index (χ2n) is 10.4. The molecule has 0 aromatic heterocycles. The van der Waals surface area contributed by atoms with E-state index in [0.29, 0.717) is 35.6 Å². The van der Waals surface area contributed by atoms with E-state index in [9.17, 15) is 9.59 Å². The van der Waals surface area contributed by atoms with E-state index in [4.69, 9.17) is 19.2 Å². The summed E-state index contributed by atoms with van der Waals surface area (Å²) in [4.78, 5) is 32.4. The molecule has 3 unspecified atom stereocenters. The molecule has 37 heavy (non-hydrogen) atoms. The second kappa shape index (κ2) is 10.5. The SMILES string of the molecule is COc1ccc(C2CC(=O)C3C(=NC(C)=C(C(=O)OC4CCCC4)C3c3ccccc3C)C2)cc1OC. The summed E-state index contributed by atoms with van der Waals surface area (Å²) in [5.41, 5.74) is 5.11. The molecule has 0 spiro atoms. The van der Waals surface area contributed by atoms with Crippen molar-refractivity contribution < 1.29 is 23.8 Å². The van der Waals surface area contributed by atoms with E-state index in [1.807, 2.05) is 56.3 Å². The predicted octanol–water partition coefficient (Wildman–Crippen LogP) is 6.07. The van der Waals surface area contributed by atoms with E-state index >= 15 is 0 Å². The van der Waals surface area contributed by atoms with Gasteiger partial charge in [-0.15, -0.1) is 0 Å². The van der Waals surface area contributed by atoms with Crippen LogP contribution in [0.25, 0.3) is 0 Å². The number of aliphatic imine (C=N–C) groups is 1. The Hall–Kier alpha value is -3.41. The first kappa shape index (κ1) is 25.2. The first-order chi connectivity index (χ1) is 17.9. The van der Waals surface area contributed by atoms with Crippen molar-refractivity contribution in [1.29, 1.82) is 0 Å². The average molecular weight is 502 g/mol. The largest absolute Gasteiger partial charge is 0.493 e. The van der Waals surface area contributed by atoms with Gasteiger partial charge in [0.05, 0.1) is 25.7 Å². The van der Waals surface area contributed by atoms with Crippen LogP contribution in [0.4, 0.5) is 0 Å². The number of nitrogens with zero attached hydrogens (tertiary/aromatic N) is 1. The minimum absolute atomic E-state index is 0.0142. The minimum atomic E-state index is -0.465. The molecule has 3 aliphatic rings. The number of benzene rings is 2. The number of carbonyl (C=O) groups excluding carboxylic acids is 2. The van der Waals surface area contributed by atoms with Gasteiger partial charge in [0.2, 0.25) is 0 Å². The molecule has 6 heteroatoms. The highest BCUT2D eigenvalue weighted by Crippen LogP contribution is 2.47. The predicted molar refractivity (Wildman–Crippen MR) is 142 cm³/mol. The lowest BCUT2D eigenvalue weighted by Gasteiger charge is -2.39. The lowest BCUT2D eigenvalue weighted by atomic mass is 9.65. The molecule has 0 bridgehead atoms. The number of aryl methyl sites for hydroxylation is 1. The van der Waals surface area contributed by atoms with Gasteiger partial charge in [-0.05, 0) is 80.7 Å². The molecule has 194 valence electrons. The summed E-state index contributed by atoms with van der Waals surface area (Å²) in [6.45, 7) is 3.92. The monoisotopic (exact) mass is 501 g/mol. The summed E-state index contributed by atoms with van der Waals surface area (Å²) in [5, 5.41) is 0. The summed E-state index contributed by atoms with van der Waals surface area (Å²) in [7, 11) is 3.22. The van der Waals surface area contributed by atoms with Crippen LogP contribution < -0.4 is 9.47 Å². The average Bonchev–Trinajstić information content (AvgIpc) is 3.40. The maximum Gasteiger partial charge on any atom is 0.336 e. The quantitative estimate of drug-likeness (QED) is 0.449. The van der Waals surface area contributed by atoms with Crippen LogP contribution >= 0.6 is 0 Å². The Labute approximate surface area is 218 Å². The first-order valence-electron chi connectivity index (χ1n) is 13.2. The normalized spacial score (nSPS) is 23.9. The molecule has 0 radical (unpaired) electrons. The number of hydrogen-bond acceptors (Lipinski definition) is 6. The van der Waals surface area contributed by atoms with Crippen molar-refractivity contribution in [3.63, 3.8) is 0 Å². The maximum atomic E-state index is 13.9. The molecule has 2 aromatic rings. The van der Waals surface area contributed by atoms with Crippen molar-refractivity contribution >= 4 is 17.5 Å². The van der Waals surface area contributed by atoms with Crippen LogP contribution in [-0.4, -0.2) is 37.8 Å². The van der Waals surface area contributed by atoms with E-state index < -0.39 is 5.92 Å². The van der Waals surface area contributed by atoms with Gasteiger partial charge in [0.15, 0.2) is 11.5 Å². The number of esters is 1. The smallest absolute Gasteiger partial charge is 0.336 e. The fraction of sp³-hybridized carbons (Fsp3) is 0.452. The molecular weight excluding hydrogens is 466 g/mol. The minimum Gasteiger partial charge on any atom is -0.493 e. The van der Waals surface area contributed by atoms with Crippen molar-refractivity contribution in [3.05, 3.63) is 70.4 Å². The van der Waals surface area contributed by atoms with Gasteiger partial charge in [-0.3, -0.25) is 9.79 Å². The van der Waals surface area contributed by atoms with E-state index in [0.717, 1.165) is 48.1 Å². The van der Waals surface area contributed by atoms with Crippen LogP contribution in [0.2, 0.25) is 0 Å². The summed E-state index contributed by atoms with van der Waals surface area (Å²) in [5.74, 6) is 0.219. The number of allylic oxidation sites excluding steroid dienone is 1. The van der Waals surface area contributed by atoms with Gasteiger partial charge >= 0.3 is 5.97 Å². The zero-order valence-corrected chi connectivity index (χ0v) is 22.1. The fourth-order valence-corrected chi connectivity index (χ4v) is 6.28. The third-order valence-corrected chi connectivity index (χ3v) is 8.15.